The Morgan fingerprint density at radius 3 is 2.05 bits per heavy atom. The third-order valence-electron chi connectivity index (χ3n) is 2.93. The van der Waals surface area contributed by atoms with Crippen LogP contribution in [-0.4, -0.2) is 6.36 Å². The Morgan fingerprint density at radius 1 is 0.737 bits per heavy atom. The van der Waals surface area contributed by atoms with Crippen molar-refractivity contribution in [3.63, 3.8) is 0 Å². The fourth-order valence-electron chi connectivity index (χ4n) is 2.15. The predicted molar refractivity (Wildman–Crippen MR) is 68.1 cm³/mol. The lowest BCUT2D eigenvalue weighted by atomic mass is 10.0. The van der Waals surface area contributed by atoms with Gasteiger partial charge < -0.3 is 4.74 Å². The van der Waals surface area contributed by atoms with Crippen LogP contribution in [0.1, 0.15) is 0 Å². The first kappa shape index (κ1) is 11.8. The number of alkyl halides is 3. The van der Waals surface area contributed by atoms with Gasteiger partial charge in [-0.05, 0) is 34.4 Å². The van der Waals surface area contributed by atoms with E-state index in [4.69, 9.17) is 0 Å². The lowest BCUT2D eigenvalue weighted by Gasteiger charge is -2.12. The first-order chi connectivity index (χ1) is 9.03. The Hall–Kier alpha value is -2.23. The number of fused-ring (bicyclic) bond motifs is 2. The summed E-state index contributed by atoms with van der Waals surface area (Å²) in [4.78, 5) is 0. The molecule has 0 aliphatic rings. The Kier molecular flexibility index (Phi) is 2.59. The Balaban J connectivity index is 2.26. The van der Waals surface area contributed by atoms with Gasteiger partial charge in [0.2, 0.25) is 0 Å². The lowest BCUT2D eigenvalue weighted by molar-refractivity contribution is -0.274. The second-order valence-electron chi connectivity index (χ2n) is 4.22. The molecule has 0 atom stereocenters. The first-order valence-electron chi connectivity index (χ1n) is 5.70. The molecule has 0 aliphatic carbocycles. The second kappa shape index (κ2) is 4.16. The molecule has 3 aromatic rings. The van der Waals surface area contributed by atoms with Gasteiger partial charge in [0.05, 0.1) is 0 Å². The van der Waals surface area contributed by atoms with Gasteiger partial charge in [0.15, 0.2) is 0 Å². The molecule has 19 heavy (non-hydrogen) atoms. The standard InChI is InChI=1S/C15H9F3O/c16-15(17,18)19-14-7-3-6-12-8-10-4-1-2-5-11(10)9-13(12)14/h1-9H. The van der Waals surface area contributed by atoms with E-state index in [1.807, 2.05) is 30.3 Å². The van der Waals surface area contributed by atoms with Crippen molar-refractivity contribution in [1.29, 1.82) is 0 Å². The van der Waals surface area contributed by atoms with Crippen LogP contribution in [0.25, 0.3) is 21.5 Å². The maximum Gasteiger partial charge on any atom is 0.573 e. The number of benzene rings is 3. The van der Waals surface area contributed by atoms with Crippen LogP contribution >= 0.6 is 0 Å². The second-order valence-corrected chi connectivity index (χ2v) is 4.22. The SMILES string of the molecule is FC(F)(F)Oc1cccc2cc3ccccc3cc12. The molecule has 1 nitrogen and oxygen atoms in total. The van der Waals surface area contributed by atoms with Gasteiger partial charge in [-0.15, -0.1) is 13.2 Å². The van der Waals surface area contributed by atoms with E-state index in [2.05, 4.69) is 4.74 Å². The zero-order chi connectivity index (χ0) is 13.5. The highest BCUT2D eigenvalue weighted by molar-refractivity contribution is 6.00. The summed E-state index contributed by atoms with van der Waals surface area (Å²) in [7, 11) is 0. The number of rotatable bonds is 1. The van der Waals surface area contributed by atoms with E-state index >= 15 is 0 Å². The largest absolute Gasteiger partial charge is 0.573 e. The number of hydrogen-bond acceptors (Lipinski definition) is 1. The fraction of sp³-hybridized carbons (Fsp3) is 0.0667. The molecule has 4 heteroatoms. The van der Waals surface area contributed by atoms with Gasteiger partial charge in [0.25, 0.3) is 0 Å². The van der Waals surface area contributed by atoms with Gasteiger partial charge >= 0.3 is 6.36 Å². The van der Waals surface area contributed by atoms with Gasteiger partial charge in [0.1, 0.15) is 5.75 Å². The average molecular weight is 262 g/mol. The molecule has 0 aromatic heterocycles. The minimum atomic E-state index is -4.68. The zero-order valence-corrected chi connectivity index (χ0v) is 9.74. The van der Waals surface area contributed by atoms with E-state index in [9.17, 15) is 13.2 Å². The van der Waals surface area contributed by atoms with Crippen molar-refractivity contribution in [2.75, 3.05) is 0 Å². The monoisotopic (exact) mass is 262 g/mol. The van der Waals surface area contributed by atoms with E-state index in [1.165, 1.54) is 6.07 Å². The summed E-state index contributed by atoms with van der Waals surface area (Å²) in [5.41, 5.74) is 0. The molecule has 0 radical (unpaired) electrons. The van der Waals surface area contributed by atoms with E-state index < -0.39 is 6.36 Å². The van der Waals surface area contributed by atoms with Gasteiger partial charge in [-0.1, -0.05) is 36.4 Å². The Morgan fingerprint density at radius 2 is 1.37 bits per heavy atom. The van der Waals surface area contributed by atoms with Crippen LogP contribution in [0.2, 0.25) is 0 Å². The topological polar surface area (TPSA) is 9.23 Å². The highest BCUT2D eigenvalue weighted by atomic mass is 19.4. The molecule has 3 rings (SSSR count). The summed E-state index contributed by atoms with van der Waals surface area (Å²) in [5.74, 6) is -0.171. The van der Waals surface area contributed by atoms with Crippen LogP contribution in [-0.2, 0) is 0 Å². The van der Waals surface area contributed by atoms with Gasteiger partial charge in [0, 0.05) is 5.39 Å². The van der Waals surface area contributed by atoms with Crippen LogP contribution in [0.3, 0.4) is 0 Å². The molecule has 0 heterocycles. The van der Waals surface area contributed by atoms with Crippen LogP contribution in [0, 0.1) is 0 Å². The van der Waals surface area contributed by atoms with Crippen LogP contribution in [0.4, 0.5) is 13.2 Å². The van der Waals surface area contributed by atoms with E-state index in [0.717, 1.165) is 16.2 Å². The smallest absolute Gasteiger partial charge is 0.405 e. The molecule has 0 unspecified atom stereocenters. The van der Waals surface area contributed by atoms with Crippen molar-refractivity contribution >= 4 is 21.5 Å². The highest BCUT2D eigenvalue weighted by Crippen LogP contribution is 2.33. The van der Waals surface area contributed by atoms with Crippen LogP contribution < -0.4 is 4.74 Å². The van der Waals surface area contributed by atoms with Crippen LogP contribution in [0.15, 0.2) is 54.6 Å². The minimum absolute atomic E-state index is 0.171. The third-order valence-corrected chi connectivity index (χ3v) is 2.93. The lowest BCUT2D eigenvalue weighted by Crippen LogP contribution is -2.17. The van der Waals surface area contributed by atoms with Gasteiger partial charge in [-0.2, -0.15) is 0 Å². The number of hydrogen-bond donors (Lipinski definition) is 0. The third kappa shape index (κ3) is 2.34. The zero-order valence-electron chi connectivity index (χ0n) is 9.74. The number of halogens is 3. The molecule has 0 fully saturated rings. The summed E-state index contributed by atoms with van der Waals surface area (Å²) in [6.45, 7) is 0. The van der Waals surface area contributed by atoms with Gasteiger partial charge in [-0.25, -0.2) is 0 Å². The van der Waals surface area contributed by atoms with Crippen molar-refractivity contribution < 1.29 is 17.9 Å². The van der Waals surface area contributed by atoms with Crippen LogP contribution in [0.5, 0.6) is 5.75 Å². The van der Waals surface area contributed by atoms with Gasteiger partial charge in [-0.3, -0.25) is 0 Å². The molecular weight excluding hydrogens is 253 g/mol. The van der Waals surface area contributed by atoms with E-state index in [1.54, 1.807) is 18.2 Å². The quantitative estimate of drug-likeness (QED) is 0.567. The highest BCUT2D eigenvalue weighted by Gasteiger charge is 2.31. The fourth-order valence-corrected chi connectivity index (χ4v) is 2.15. The molecule has 3 aromatic carbocycles. The summed E-state index contributed by atoms with van der Waals surface area (Å²) in [5, 5.41) is 3.05. The summed E-state index contributed by atoms with van der Waals surface area (Å²) < 4.78 is 41.1. The molecule has 0 bridgehead atoms. The molecule has 0 spiro atoms. The summed E-state index contributed by atoms with van der Waals surface area (Å²) in [6, 6.07) is 15.7. The Bertz CT molecular complexity index is 747. The molecule has 0 aliphatic heterocycles. The summed E-state index contributed by atoms with van der Waals surface area (Å²) in [6.07, 6.45) is -4.68. The molecule has 96 valence electrons. The van der Waals surface area contributed by atoms with E-state index in [0.29, 0.717) is 5.39 Å². The maximum absolute atomic E-state index is 12.4. The minimum Gasteiger partial charge on any atom is -0.405 e. The van der Waals surface area contributed by atoms with Crippen molar-refractivity contribution in [3.05, 3.63) is 54.6 Å². The van der Waals surface area contributed by atoms with Crippen molar-refractivity contribution in [2.45, 2.75) is 6.36 Å². The summed E-state index contributed by atoms with van der Waals surface area (Å²) >= 11 is 0. The average Bonchev–Trinajstić information content (AvgIpc) is 2.35. The maximum atomic E-state index is 12.4. The molecule has 0 saturated carbocycles. The Labute approximate surface area is 107 Å². The normalized spacial score (nSPS) is 11.9. The molecule has 0 saturated heterocycles. The first-order valence-corrected chi connectivity index (χ1v) is 5.70. The predicted octanol–water partition coefficient (Wildman–Crippen LogP) is 4.89. The van der Waals surface area contributed by atoms with Crippen molar-refractivity contribution in [1.82, 2.24) is 0 Å². The van der Waals surface area contributed by atoms with Crippen molar-refractivity contribution in [2.24, 2.45) is 0 Å². The van der Waals surface area contributed by atoms with E-state index in [-0.39, 0.29) is 5.75 Å². The molecule has 0 N–H and O–H groups in total. The van der Waals surface area contributed by atoms with Crippen molar-refractivity contribution in [3.8, 4) is 5.75 Å². The number of ether oxygens (including phenoxy) is 1. The molecule has 0 amide bonds. The molecular formula is C15H9F3O.